The highest BCUT2D eigenvalue weighted by Gasteiger charge is 2.10. The summed E-state index contributed by atoms with van der Waals surface area (Å²) in [5, 5.41) is 14.2. The molecule has 2 aromatic rings. The zero-order valence-electron chi connectivity index (χ0n) is 9.65. The number of phenols is 1. The number of phenolic OH excluding ortho intramolecular Hbond substituents is 1. The molecule has 1 amide bonds. The van der Waals surface area contributed by atoms with Gasteiger partial charge in [0.1, 0.15) is 5.75 Å². The van der Waals surface area contributed by atoms with Crippen LogP contribution in [0.1, 0.15) is 20.8 Å². The fourth-order valence-electron chi connectivity index (χ4n) is 1.48. The van der Waals surface area contributed by atoms with Gasteiger partial charge in [0.25, 0.3) is 5.91 Å². The Morgan fingerprint density at radius 3 is 2.59 bits per heavy atom. The molecule has 0 bridgehead atoms. The second-order valence-electron chi connectivity index (χ2n) is 3.89. The second kappa shape index (κ2) is 4.59. The molecule has 2 N–H and O–H groups in total. The molecule has 17 heavy (non-hydrogen) atoms. The molecular formula is C13H13NO2S. The standard InChI is InChI=1S/C13H13NO2S/c1-8-3-4-10(7-11(8)15)14-13(16)12-9(2)5-6-17-12/h3-7,15H,1-2H3,(H,14,16). The summed E-state index contributed by atoms with van der Waals surface area (Å²) in [6.45, 7) is 3.71. The lowest BCUT2D eigenvalue weighted by Gasteiger charge is -2.06. The molecule has 0 aliphatic heterocycles. The lowest BCUT2D eigenvalue weighted by atomic mass is 10.2. The predicted octanol–water partition coefficient (Wildman–Crippen LogP) is 3.32. The van der Waals surface area contributed by atoms with Crippen molar-refractivity contribution in [3.63, 3.8) is 0 Å². The molecule has 4 heteroatoms. The van der Waals surface area contributed by atoms with E-state index in [2.05, 4.69) is 5.32 Å². The Morgan fingerprint density at radius 1 is 1.24 bits per heavy atom. The van der Waals surface area contributed by atoms with Crippen LogP contribution in [0.4, 0.5) is 5.69 Å². The molecule has 2 rings (SSSR count). The number of hydrogen-bond donors (Lipinski definition) is 2. The summed E-state index contributed by atoms with van der Waals surface area (Å²) in [5.74, 6) is 0.0476. The maximum Gasteiger partial charge on any atom is 0.265 e. The van der Waals surface area contributed by atoms with Crippen molar-refractivity contribution >= 4 is 22.9 Å². The zero-order chi connectivity index (χ0) is 12.4. The van der Waals surface area contributed by atoms with Crippen molar-refractivity contribution in [3.05, 3.63) is 45.6 Å². The molecule has 1 heterocycles. The van der Waals surface area contributed by atoms with Crippen LogP contribution in [0.5, 0.6) is 5.75 Å². The van der Waals surface area contributed by atoms with E-state index in [1.54, 1.807) is 18.2 Å². The van der Waals surface area contributed by atoms with E-state index in [4.69, 9.17) is 0 Å². The molecule has 1 aromatic carbocycles. The fourth-order valence-corrected chi connectivity index (χ4v) is 2.30. The van der Waals surface area contributed by atoms with Crippen molar-refractivity contribution < 1.29 is 9.90 Å². The number of aryl methyl sites for hydroxylation is 2. The van der Waals surface area contributed by atoms with Crippen LogP contribution in [0, 0.1) is 13.8 Å². The number of amides is 1. The molecule has 0 fully saturated rings. The first-order valence-corrected chi connectivity index (χ1v) is 6.11. The van der Waals surface area contributed by atoms with E-state index < -0.39 is 0 Å². The minimum absolute atomic E-state index is 0.138. The summed E-state index contributed by atoms with van der Waals surface area (Å²) in [6, 6.07) is 7.00. The molecule has 0 aliphatic rings. The summed E-state index contributed by atoms with van der Waals surface area (Å²) >= 11 is 1.41. The number of carbonyl (C=O) groups excluding carboxylic acids is 1. The largest absolute Gasteiger partial charge is 0.508 e. The summed E-state index contributed by atoms with van der Waals surface area (Å²) < 4.78 is 0. The Kier molecular flexibility index (Phi) is 3.15. The molecule has 3 nitrogen and oxygen atoms in total. The maximum atomic E-state index is 11.9. The molecule has 0 unspecified atom stereocenters. The highest BCUT2D eigenvalue weighted by Crippen LogP contribution is 2.22. The SMILES string of the molecule is Cc1ccc(NC(=O)c2sccc2C)cc1O. The third kappa shape index (κ3) is 2.47. The van der Waals surface area contributed by atoms with Crippen LogP contribution >= 0.6 is 11.3 Å². The highest BCUT2D eigenvalue weighted by molar-refractivity contribution is 7.12. The van der Waals surface area contributed by atoms with E-state index in [0.29, 0.717) is 10.6 Å². The number of benzene rings is 1. The number of anilines is 1. The number of aromatic hydroxyl groups is 1. The van der Waals surface area contributed by atoms with E-state index >= 15 is 0 Å². The zero-order valence-corrected chi connectivity index (χ0v) is 10.5. The highest BCUT2D eigenvalue weighted by atomic mass is 32.1. The quantitative estimate of drug-likeness (QED) is 0.855. The van der Waals surface area contributed by atoms with Gasteiger partial charge in [-0.15, -0.1) is 11.3 Å². The second-order valence-corrected chi connectivity index (χ2v) is 4.80. The van der Waals surface area contributed by atoms with Gasteiger partial charge in [0.05, 0.1) is 4.88 Å². The molecule has 0 saturated carbocycles. The fraction of sp³-hybridized carbons (Fsp3) is 0.154. The molecule has 0 radical (unpaired) electrons. The number of rotatable bonds is 2. The van der Waals surface area contributed by atoms with E-state index in [9.17, 15) is 9.90 Å². The minimum atomic E-state index is -0.138. The van der Waals surface area contributed by atoms with Gasteiger partial charge in [-0.1, -0.05) is 6.07 Å². The van der Waals surface area contributed by atoms with E-state index in [-0.39, 0.29) is 11.7 Å². The van der Waals surface area contributed by atoms with Crippen LogP contribution < -0.4 is 5.32 Å². The molecule has 0 aliphatic carbocycles. The monoisotopic (exact) mass is 247 g/mol. The van der Waals surface area contributed by atoms with Crippen molar-refractivity contribution in [1.29, 1.82) is 0 Å². The van der Waals surface area contributed by atoms with Gasteiger partial charge in [-0.25, -0.2) is 0 Å². The first-order chi connectivity index (χ1) is 8.08. The van der Waals surface area contributed by atoms with E-state index in [1.807, 2.05) is 25.3 Å². The van der Waals surface area contributed by atoms with Gasteiger partial charge in [-0.3, -0.25) is 4.79 Å². The van der Waals surface area contributed by atoms with Crippen LogP contribution in [-0.2, 0) is 0 Å². The Bertz CT molecular complexity index is 560. The molecule has 0 atom stereocenters. The van der Waals surface area contributed by atoms with Gasteiger partial charge in [0.15, 0.2) is 0 Å². The van der Waals surface area contributed by atoms with Gasteiger partial charge < -0.3 is 10.4 Å². The molecule has 0 saturated heterocycles. The van der Waals surface area contributed by atoms with Crippen LogP contribution in [0.25, 0.3) is 0 Å². The van der Waals surface area contributed by atoms with E-state index in [0.717, 1.165) is 11.1 Å². The number of hydrogen-bond acceptors (Lipinski definition) is 3. The normalized spacial score (nSPS) is 10.2. The topological polar surface area (TPSA) is 49.3 Å². The molecular weight excluding hydrogens is 234 g/mol. The summed E-state index contributed by atoms with van der Waals surface area (Å²) in [5.41, 5.74) is 2.35. The lowest BCUT2D eigenvalue weighted by Crippen LogP contribution is -2.11. The van der Waals surface area contributed by atoms with Gasteiger partial charge >= 0.3 is 0 Å². The van der Waals surface area contributed by atoms with Crippen LogP contribution in [0.3, 0.4) is 0 Å². The third-order valence-corrected chi connectivity index (χ3v) is 3.55. The van der Waals surface area contributed by atoms with Gasteiger partial charge in [0.2, 0.25) is 0 Å². The predicted molar refractivity (Wildman–Crippen MR) is 69.9 cm³/mol. The Morgan fingerprint density at radius 2 is 2.00 bits per heavy atom. The third-order valence-electron chi connectivity index (χ3n) is 2.54. The Hall–Kier alpha value is -1.81. The molecule has 0 spiro atoms. The average molecular weight is 247 g/mol. The maximum absolute atomic E-state index is 11.9. The van der Waals surface area contributed by atoms with Crippen molar-refractivity contribution in [3.8, 4) is 5.75 Å². The smallest absolute Gasteiger partial charge is 0.265 e. The van der Waals surface area contributed by atoms with Gasteiger partial charge in [-0.2, -0.15) is 0 Å². The summed E-state index contributed by atoms with van der Waals surface area (Å²) in [4.78, 5) is 12.6. The van der Waals surface area contributed by atoms with Gasteiger partial charge in [-0.05, 0) is 42.5 Å². The molecule has 88 valence electrons. The Labute approximate surface area is 104 Å². The van der Waals surface area contributed by atoms with E-state index in [1.165, 1.54) is 11.3 Å². The van der Waals surface area contributed by atoms with Crippen LogP contribution in [0.2, 0.25) is 0 Å². The number of thiophene rings is 1. The molecule has 1 aromatic heterocycles. The number of nitrogens with one attached hydrogen (secondary N) is 1. The number of carbonyl (C=O) groups is 1. The van der Waals surface area contributed by atoms with Crippen LogP contribution in [-0.4, -0.2) is 11.0 Å². The minimum Gasteiger partial charge on any atom is -0.508 e. The van der Waals surface area contributed by atoms with Crippen molar-refractivity contribution in [2.45, 2.75) is 13.8 Å². The van der Waals surface area contributed by atoms with Crippen LogP contribution in [0.15, 0.2) is 29.6 Å². The average Bonchev–Trinajstić information content (AvgIpc) is 2.70. The first kappa shape index (κ1) is 11.7. The lowest BCUT2D eigenvalue weighted by molar-refractivity contribution is 0.103. The van der Waals surface area contributed by atoms with Crippen molar-refractivity contribution in [2.24, 2.45) is 0 Å². The summed E-state index contributed by atoms with van der Waals surface area (Å²) in [7, 11) is 0. The first-order valence-electron chi connectivity index (χ1n) is 5.23. The Balaban J connectivity index is 2.19. The summed E-state index contributed by atoms with van der Waals surface area (Å²) in [6.07, 6.45) is 0. The van der Waals surface area contributed by atoms with Crippen molar-refractivity contribution in [2.75, 3.05) is 5.32 Å². The van der Waals surface area contributed by atoms with Crippen molar-refractivity contribution in [1.82, 2.24) is 0 Å². The van der Waals surface area contributed by atoms with Gasteiger partial charge in [0, 0.05) is 11.8 Å².